The molecule has 6 heteroatoms. The quantitative estimate of drug-likeness (QED) is 0.475. The topological polar surface area (TPSA) is 110 Å². The molecule has 0 aliphatic rings. The van der Waals surface area contributed by atoms with E-state index in [1.165, 1.54) is 0 Å². The van der Waals surface area contributed by atoms with Gasteiger partial charge >= 0.3 is 0 Å². The van der Waals surface area contributed by atoms with Gasteiger partial charge < -0.3 is 22.1 Å². The van der Waals surface area contributed by atoms with Crippen LogP contribution in [0.25, 0.3) is 0 Å². The fourth-order valence-electron chi connectivity index (χ4n) is 2.01. The molecule has 0 radical (unpaired) electrons. The van der Waals surface area contributed by atoms with Gasteiger partial charge in [0, 0.05) is 13.1 Å². The van der Waals surface area contributed by atoms with Gasteiger partial charge in [0.25, 0.3) is 11.8 Å². The van der Waals surface area contributed by atoms with Gasteiger partial charge in [-0.25, -0.2) is 0 Å². The predicted octanol–water partition coefficient (Wildman–Crippen LogP) is 0.624. The molecule has 0 fully saturated rings. The lowest BCUT2D eigenvalue weighted by molar-refractivity contribution is 0.0919. The Bertz CT molecular complexity index is 434. The van der Waals surface area contributed by atoms with Crippen molar-refractivity contribution in [2.24, 2.45) is 11.5 Å². The fourth-order valence-corrected chi connectivity index (χ4v) is 2.01. The third kappa shape index (κ3) is 6.24. The maximum Gasteiger partial charge on any atom is 0.252 e. The smallest absolute Gasteiger partial charge is 0.252 e. The second-order valence-electron chi connectivity index (χ2n) is 5.05. The van der Waals surface area contributed by atoms with Gasteiger partial charge in [-0.2, -0.15) is 0 Å². The van der Waals surface area contributed by atoms with E-state index >= 15 is 0 Å². The van der Waals surface area contributed by atoms with Gasteiger partial charge in [0.15, 0.2) is 0 Å². The standard InChI is InChI=1S/C16H26N4O2/c17-9-3-5-11-19-15(21)13-7-1-2-8-14(13)16(22)20-12-6-4-10-18/h1-2,7-8H,3-6,9-12,17-18H2,(H,19,21)(H,20,22). The molecule has 0 heterocycles. The average Bonchev–Trinajstić information content (AvgIpc) is 2.55. The first-order valence-electron chi connectivity index (χ1n) is 7.76. The number of hydrogen-bond acceptors (Lipinski definition) is 4. The van der Waals surface area contributed by atoms with Crippen LogP contribution < -0.4 is 22.1 Å². The molecule has 0 saturated carbocycles. The minimum Gasteiger partial charge on any atom is -0.352 e. The summed E-state index contributed by atoms with van der Waals surface area (Å²) >= 11 is 0. The summed E-state index contributed by atoms with van der Waals surface area (Å²) < 4.78 is 0. The molecule has 6 nitrogen and oxygen atoms in total. The second kappa shape index (κ2) is 10.8. The van der Waals surface area contributed by atoms with Gasteiger partial charge in [-0.05, 0) is 50.9 Å². The number of carbonyl (C=O) groups excluding carboxylic acids is 2. The zero-order valence-electron chi connectivity index (χ0n) is 12.9. The van der Waals surface area contributed by atoms with E-state index in [1.807, 2.05) is 0 Å². The molecule has 0 aliphatic heterocycles. The van der Waals surface area contributed by atoms with E-state index in [2.05, 4.69) is 10.6 Å². The second-order valence-corrected chi connectivity index (χ2v) is 5.05. The molecule has 1 rings (SSSR count). The van der Waals surface area contributed by atoms with Crippen LogP contribution >= 0.6 is 0 Å². The lowest BCUT2D eigenvalue weighted by Crippen LogP contribution is -2.30. The summed E-state index contributed by atoms with van der Waals surface area (Å²) in [6, 6.07) is 6.82. The van der Waals surface area contributed by atoms with Crippen LogP contribution in [0, 0.1) is 0 Å². The van der Waals surface area contributed by atoms with Crippen LogP contribution in [0.4, 0.5) is 0 Å². The normalized spacial score (nSPS) is 10.3. The summed E-state index contributed by atoms with van der Waals surface area (Å²) in [5.74, 6) is -0.463. The van der Waals surface area contributed by atoms with Crippen molar-refractivity contribution in [1.29, 1.82) is 0 Å². The summed E-state index contributed by atoms with van der Waals surface area (Å²) in [5, 5.41) is 5.63. The van der Waals surface area contributed by atoms with Crippen molar-refractivity contribution in [1.82, 2.24) is 10.6 Å². The van der Waals surface area contributed by atoms with Gasteiger partial charge in [-0.1, -0.05) is 12.1 Å². The molecule has 1 aromatic carbocycles. The minimum absolute atomic E-state index is 0.232. The molecule has 0 unspecified atom stereocenters. The summed E-state index contributed by atoms with van der Waals surface area (Å²) in [6.45, 7) is 2.33. The summed E-state index contributed by atoms with van der Waals surface area (Å²) in [5.41, 5.74) is 11.6. The molecular weight excluding hydrogens is 280 g/mol. The van der Waals surface area contributed by atoms with Gasteiger partial charge in [0.1, 0.15) is 0 Å². The van der Waals surface area contributed by atoms with Crippen molar-refractivity contribution >= 4 is 11.8 Å². The monoisotopic (exact) mass is 306 g/mol. The Balaban J connectivity index is 2.60. The Morgan fingerprint density at radius 1 is 0.773 bits per heavy atom. The molecule has 0 saturated heterocycles. The molecule has 0 atom stereocenters. The average molecular weight is 306 g/mol. The number of rotatable bonds is 10. The molecule has 0 bridgehead atoms. The number of unbranched alkanes of at least 4 members (excludes halogenated alkanes) is 2. The van der Waals surface area contributed by atoms with Crippen LogP contribution in [0.3, 0.4) is 0 Å². The molecule has 22 heavy (non-hydrogen) atoms. The van der Waals surface area contributed by atoms with Crippen molar-refractivity contribution in [3.63, 3.8) is 0 Å². The van der Waals surface area contributed by atoms with Crippen molar-refractivity contribution in [2.45, 2.75) is 25.7 Å². The SMILES string of the molecule is NCCCCNC(=O)c1ccccc1C(=O)NCCCCN. The number of amides is 2. The first-order valence-corrected chi connectivity index (χ1v) is 7.76. The zero-order valence-corrected chi connectivity index (χ0v) is 12.9. The molecule has 2 amide bonds. The predicted molar refractivity (Wildman–Crippen MR) is 87.7 cm³/mol. The van der Waals surface area contributed by atoms with Gasteiger partial charge in [0.05, 0.1) is 11.1 Å². The van der Waals surface area contributed by atoms with E-state index in [9.17, 15) is 9.59 Å². The van der Waals surface area contributed by atoms with Gasteiger partial charge in [-0.15, -0.1) is 0 Å². The van der Waals surface area contributed by atoms with Crippen molar-refractivity contribution in [2.75, 3.05) is 26.2 Å². The summed E-state index contributed by atoms with van der Waals surface area (Å²) in [4.78, 5) is 24.3. The third-order valence-electron chi connectivity index (χ3n) is 3.25. The van der Waals surface area contributed by atoms with Crippen molar-refractivity contribution in [3.8, 4) is 0 Å². The Kier molecular flexibility index (Phi) is 8.86. The van der Waals surface area contributed by atoms with Crippen LogP contribution in [0.15, 0.2) is 24.3 Å². The summed E-state index contributed by atoms with van der Waals surface area (Å²) in [6.07, 6.45) is 3.39. The van der Waals surface area contributed by atoms with Crippen LogP contribution in [0.1, 0.15) is 46.4 Å². The highest BCUT2D eigenvalue weighted by Gasteiger charge is 2.15. The van der Waals surface area contributed by atoms with E-state index in [0.717, 1.165) is 25.7 Å². The van der Waals surface area contributed by atoms with Gasteiger partial charge in [0.2, 0.25) is 0 Å². The first kappa shape index (κ1) is 18.1. The maximum atomic E-state index is 12.2. The van der Waals surface area contributed by atoms with Crippen LogP contribution in [0.2, 0.25) is 0 Å². The fraction of sp³-hybridized carbons (Fsp3) is 0.500. The van der Waals surface area contributed by atoms with E-state index < -0.39 is 0 Å². The number of carbonyl (C=O) groups is 2. The number of nitrogens with two attached hydrogens (primary N) is 2. The Morgan fingerprint density at radius 3 is 1.55 bits per heavy atom. The van der Waals surface area contributed by atoms with E-state index in [0.29, 0.717) is 37.3 Å². The highest BCUT2D eigenvalue weighted by Crippen LogP contribution is 2.09. The molecule has 0 aliphatic carbocycles. The van der Waals surface area contributed by atoms with Gasteiger partial charge in [-0.3, -0.25) is 9.59 Å². The Labute approximate surface area is 131 Å². The molecular formula is C16H26N4O2. The first-order chi connectivity index (χ1) is 10.7. The van der Waals surface area contributed by atoms with E-state index in [-0.39, 0.29) is 11.8 Å². The summed E-state index contributed by atoms with van der Waals surface area (Å²) in [7, 11) is 0. The lowest BCUT2D eigenvalue weighted by Gasteiger charge is -2.10. The highest BCUT2D eigenvalue weighted by atomic mass is 16.2. The van der Waals surface area contributed by atoms with E-state index in [4.69, 9.17) is 11.5 Å². The maximum absolute atomic E-state index is 12.2. The lowest BCUT2D eigenvalue weighted by atomic mass is 10.1. The molecule has 122 valence electrons. The van der Waals surface area contributed by atoms with E-state index in [1.54, 1.807) is 24.3 Å². The number of hydrogen-bond donors (Lipinski definition) is 4. The van der Waals surface area contributed by atoms with Crippen molar-refractivity contribution in [3.05, 3.63) is 35.4 Å². The van der Waals surface area contributed by atoms with Crippen LogP contribution in [0.5, 0.6) is 0 Å². The highest BCUT2D eigenvalue weighted by molar-refractivity contribution is 6.07. The Hall–Kier alpha value is -1.92. The molecule has 1 aromatic rings. The molecule has 6 N–H and O–H groups in total. The molecule has 0 aromatic heterocycles. The largest absolute Gasteiger partial charge is 0.352 e. The molecule has 0 spiro atoms. The Morgan fingerprint density at radius 2 is 1.18 bits per heavy atom. The third-order valence-corrected chi connectivity index (χ3v) is 3.25. The van der Waals surface area contributed by atoms with Crippen LogP contribution in [-0.2, 0) is 0 Å². The zero-order chi connectivity index (χ0) is 16.2. The number of nitrogens with one attached hydrogen (secondary N) is 2. The minimum atomic E-state index is -0.232. The number of benzene rings is 1. The van der Waals surface area contributed by atoms with Crippen LogP contribution in [-0.4, -0.2) is 38.0 Å². The van der Waals surface area contributed by atoms with Crippen molar-refractivity contribution < 1.29 is 9.59 Å².